The topological polar surface area (TPSA) is 17.8 Å². The number of halogens is 1. The minimum absolute atomic E-state index is 0.126. The molecule has 1 aromatic heterocycles. The maximum absolute atomic E-state index is 4.29. The Bertz CT molecular complexity index is 294. The van der Waals surface area contributed by atoms with Crippen LogP contribution in [-0.2, 0) is 10.5 Å². The molecule has 0 aliphatic carbocycles. The summed E-state index contributed by atoms with van der Waals surface area (Å²) < 4.78 is 2.03. The number of alkyl halides is 1. The van der Waals surface area contributed by atoms with E-state index in [0.29, 0.717) is 0 Å². The van der Waals surface area contributed by atoms with Crippen molar-refractivity contribution in [3.63, 3.8) is 0 Å². The Hall–Kier alpha value is -0.320. The molecule has 0 aromatic carbocycles. The van der Waals surface area contributed by atoms with Gasteiger partial charge in [0.25, 0.3) is 0 Å². The average Bonchev–Trinajstić information content (AvgIpc) is 2.29. The van der Waals surface area contributed by atoms with Gasteiger partial charge < -0.3 is 0 Å². The second-order valence-electron chi connectivity index (χ2n) is 3.25. The van der Waals surface area contributed by atoms with E-state index in [4.69, 9.17) is 0 Å². The predicted molar refractivity (Wildman–Crippen MR) is 60.3 cm³/mol. The standard InChI is InChI=1S/C9H13IN2/c1-5-7-6-8(9(2,3)10)12(4)11-7/h5-6H,1H2,2-4H3. The van der Waals surface area contributed by atoms with Crippen molar-refractivity contribution < 1.29 is 0 Å². The SMILES string of the molecule is C=Cc1cc(C(C)(C)I)n(C)n1. The normalized spacial score (nSPS) is 11.7. The largest absolute Gasteiger partial charge is 0.271 e. The van der Waals surface area contributed by atoms with Gasteiger partial charge in [0.2, 0.25) is 0 Å². The van der Waals surface area contributed by atoms with E-state index in [1.807, 2.05) is 11.7 Å². The third-order valence-electron chi connectivity index (χ3n) is 1.72. The van der Waals surface area contributed by atoms with Crippen LogP contribution < -0.4 is 0 Å². The first kappa shape index (κ1) is 9.77. The Kier molecular flexibility index (Phi) is 2.61. The lowest BCUT2D eigenvalue weighted by Gasteiger charge is -2.15. The number of aryl methyl sites for hydroxylation is 1. The summed E-state index contributed by atoms with van der Waals surface area (Å²) in [4.78, 5) is 0. The smallest absolute Gasteiger partial charge is 0.0848 e. The molecule has 0 bridgehead atoms. The van der Waals surface area contributed by atoms with Gasteiger partial charge in [-0.1, -0.05) is 29.2 Å². The van der Waals surface area contributed by atoms with Crippen LogP contribution >= 0.6 is 22.6 Å². The van der Waals surface area contributed by atoms with Crippen molar-refractivity contribution in [3.05, 3.63) is 24.0 Å². The number of hydrogen-bond donors (Lipinski definition) is 0. The van der Waals surface area contributed by atoms with Crippen LogP contribution in [0, 0.1) is 0 Å². The maximum Gasteiger partial charge on any atom is 0.0848 e. The van der Waals surface area contributed by atoms with E-state index in [1.165, 1.54) is 5.69 Å². The fraction of sp³-hybridized carbons (Fsp3) is 0.444. The van der Waals surface area contributed by atoms with E-state index < -0.39 is 0 Å². The lowest BCUT2D eigenvalue weighted by molar-refractivity contribution is 0.654. The Morgan fingerprint density at radius 1 is 1.67 bits per heavy atom. The van der Waals surface area contributed by atoms with Crippen molar-refractivity contribution in [1.82, 2.24) is 9.78 Å². The van der Waals surface area contributed by atoms with Gasteiger partial charge in [-0.2, -0.15) is 5.10 Å². The molecule has 3 heteroatoms. The van der Waals surface area contributed by atoms with E-state index in [9.17, 15) is 0 Å². The molecular formula is C9H13IN2. The van der Waals surface area contributed by atoms with E-state index >= 15 is 0 Å². The minimum Gasteiger partial charge on any atom is -0.271 e. The summed E-state index contributed by atoms with van der Waals surface area (Å²) in [5, 5.41) is 4.29. The molecule has 12 heavy (non-hydrogen) atoms. The molecule has 1 heterocycles. The Morgan fingerprint density at radius 2 is 2.25 bits per heavy atom. The van der Waals surface area contributed by atoms with Gasteiger partial charge in [0.05, 0.1) is 14.8 Å². The van der Waals surface area contributed by atoms with Crippen molar-refractivity contribution in [2.45, 2.75) is 17.3 Å². The van der Waals surface area contributed by atoms with Crippen LogP contribution in [0.3, 0.4) is 0 Å². The molecule has 0 spiro atoms. The number of rotatable bonds is 2. The number of nitrogens with zero attached hydrogens (tertiary/aromatic N) is 2. The van der Waals surface area contributed by atoms with Gasteiger partial charge >= 0.3 is 0 Å². The summed E-state index contributed by atoms with van der Waals surface area (Å²) in [5.74, 6) is 0. The van der Waals surface area contributed by atoms with Gasteiger partial charge in [0.1, 0.15) is 0 Å². The summed E-state index contributed by atoms with van der Waals surface area (Å²) in [6.45, 7) is 8.02. The zero-order chi connectivity index (χ0) is 9.35. The van der Waals surface area contributed by atoms with Crippen LogP contribution in [0.5, 0.6) is 0 Å². The molecule has 0 saturated heterocycles. The highest BCUT2D eigenvalue weighted by Gasteiger charge is 2.20. The lowest BCUT2D eigenvalue weighted by atomic mass is 10.1. The van der Waals surface area contributed by atoms with E-state index in [2.05, 4.69) is 54.2 Å². The van der Waals surface area contributed by atoms with E-state index in [1.54, 1.807) is 6.08 Å². The van der Waals surface area contributed by atoms with Gasteiger partial charge in [-0.25, -0.2) is 0 Å². The third-order valence-corrected chi connectivity index (χ3v) is 2.27. The molecule has 1 aromatic rings. The van der Waals surface area contributed by atoms with Gasteiger partial charge in [0, 0.05) is 7.05 Å². The minimum atomic E-state index is 0.126. The van der Waals surface area contributed by atoms with Crippen LogP contribution in [0.1, 0.15) is 25.2 Å². The molecule has 0 saturated carbocycles. The van der Waals surface area contributed by atoms with Crippen molar-refractivity contribution >= 4 is 28.7 Å². The molecule has 0 radical (unpaired) electrons. The summed E-state index contributed by atoms with van der Waals surface area (Å²) in [5.41, 5.74) is 2.16. The van der Waals surface area contributed by atoms with Crippen molar-refractivity contribution in [2.24, 2.45) is 7.05 Å². The average molecular weight is 276 g/mol. The maximum atomic E-state index is 4.29. The first-order valence-electron chi connectivity index (χ1n) is 3.81. The molecule has 1 rings (SSSR count). The van der Waals surface area contributed by atoms with Crippen LogP contribution in [0.2, 0.25) is 0 Å². The summed E-state index contributed by atoms with van der Waals surface area (Å²) in [6, 6.07) is 2.07. The quantitative estimate of drug-likeness (QED) is 0.600. The highest BCUT2D eigenvalue weighted by atomic mass is 127. The van der Waals surface area contributed by atoms with E-state index in [-0.39, 0.29) is 3.42 Å². The monoisotopic (exact) mass is 276 g/mol. The van der Waals surface area contributed by atoms with Crippen molar-refractivity contribution in [3.8, 4) is 0 Å². The molecule has 0 amide bonds. The summed E-state index contributed by atoms with van der Waals surface area (Å²) in [6.07, 6.45) is 1.77. The fourth-order valence-corrected chi connectivity index (χ4v) is 1.65. The number of hydrogen-bond acceptors (Lipinski definition) is 1. The highest BCUT2D eigenvalue weighted by molar-refractivity contribution is 14.1. The zero-order valence-corrected chi connectivity index (χ0v) is 9.79. The fourth-order valence-electron chi connectivity index (χ4n) is 1.15. The Labute approximate surface area is 86.8 Å². The molecule has 0 atom stereocenters. The molecular weight excluding hydrogens is 263 g/mol. The summed E-state index contributed by atoms with van der Waals surface area (Å²) >= 11 is 2.40. The first-order chi connectivity index (χ1) is 5.45. The molecule has 0 fully saturated rings. The van der Waals surface area contributed by atoms with Crippen LogP contribution in [0.15, 0.2) is 12.6 Å². The van der Waals surface area contributed by atoms with E-state index in [0.717, 1.165) is 5.69 Å². The number of aromatic nitrogens is 2. The van der Waals surface area contributed by atoms with Crippen LogP contribution in [-0.4, -0.2) is 9.78 Å². The summed E-state index contributed by atoms with van der Waals surface area (Å²) in [7, 11) is 1.96. The van der Waals surface area contributed by atoms with Crippen molar-refractivity contribution in [2.75, 3.05) is 0 Å². The van der Waals surface area contributed by atoms with Gasteiger partial charge in [-0.15, -0.1) is 0 Å². The lowest BCUT2D eigenvalue weighted by Crippen LogP contribution is -2.12. The molecule has 0 aliphatic heterocycles. The van der Waals surface area contributed by atoms with Gasteiger partial charge in [0.15, 0.2) is 0 Å². The molecule has 0 aliphatic rings. The Morgan fingerprint density at radius 3 is 2.50 bits per heavy atom. The highest BCUT2D eigenvalue weighted by Crippen LogP contribution is 2.30. The van der Waals surface area contributed by atoms with Gasteiger partial charge in [-0.05, 0) is 26.0 Å². The first-order valence-corrected chi connectivity index (χ1v) is 4.89. The second kappa shape index (κ2) is 3.20. The van der Waals surface area contributed by atoms with Gasteiger partial charge in [-0.3, -0.25) is 4.68 Å². The molecule has 2 nitrogen and oxygen atoms in total. The molecule has 0 N–H and O–H groups in total. The second-order valence-corrected chi connectivity index (χ2v) is 5.95. The Balaban J connectivity index is 3.16. The molecule has 0 unspecified atom stereocenters. The molecule has 66 valence electrons. The van der Waals surface area contributed by atoms with Crippen molar-refractivity contribution in [1.29, 1.82) is 0 Å². The zero-order valence-electron chi connectivity index (χ0n) is 7.63. The van der Waals surface area contributed by atoms with Crippen LogP contribution in [0.25, 0.3) is 6.08 Å². The third kappa shape index (κ3) is 1.88. The predicted octanol–water partition coefficient (Wildman–Crippen LogP) is 2.73. The van der Waals surface area contributed by atoms with Crippen LogP contribution in [0.4, 0.5) is 0 Å².